The van der Waals surface area contributed by atoms with E-state index < -0.39 is 16.8 Å². The van der Waals surface area contributed by atoms with E-state index in [9.17, 15) is 19.7 Å². The Morgan fingerprint density at radius 1 is 1.03 bits per heavy atom. The highest BCUT2D eigenvalue weighted by molar-refractivity contribution is 7.21. The molecule has 10 heteroatoms. The van der Waals surface area contributed by atoms with E-state index in [1.807, 2.05) is 24.3 Å². The first-order valence-electron chi connectivity index (χ1n) is 9.49. The van der Waals surface area contributed by atoms with E-state index in [-0.39, 0.29) is 11.3 Å². The number of non-ortho nitro benzene ring substituents is 1. The number of hydrazone groups is 1. The number of amides is 1. The first kappa shape index (κ1) is 22.1. The summed E-state index contributed by atoms with van der Waals surface area (Å²) in [6, 6.07) is 19.1. The van der Waals surface area contributed by atoms with Crippen LogP contribution in [0.25, 0.3) is 10.1 Å². The van der Waals surface area contributed by atoms with Crippen molar-refractivity contribution in [2.45, 2.75) is 0 Å². The van der Waals surface area contributed by atoms with Crippen LogP contribution in [0.5, 0.6) is 5.75 Å². The molecule has 0 atom stereocenters. The topological polar surface area (TPSA) is 111 Å². The maximum atomic E-state index is 12.5. The lowest BCUT2D eigenvalue weighted by Gasteiger charge is -2.03. The maximum Gasteiger partial charge on any atom is 0.355 e. The van der Waals surface area contributed by atoms with Crippen molar-refractivity contribution >= 4 is 56.8 Å². The predicted octanol–water partition coefficient (Wildman–Crippen LogP) is 5.45. The molecular formula is C23H14ClN3O5S. The molecule has 0 aliphatic carbocycles. The molecule has 0 aliphatic rings. The van der Waals surface area contributed by atoms with Crippen LogP contribution in [0.1, 0.15) is 25.6 Å². The van der Waals surface area contributed by atoms with Crippen molar-refractivity contribution in [3.05, 3.63) is 104 Å². The Hall–Kier alpha value is -4.08. The Morgan fingerprint density at radius 2 is 1.73 bits per heavy atom. The maximum absolute atomic E-state index is 12.5. The summed E-state index contributed by atoms with van der Waals surface area (Å²) in [5.41, 5.74) is 3.13. The SMILES string of the molecule is O=C(N/N=C\c1ccc(OC(=O)c2sc3ccccc3c2Cl)cc1)c1ccc([N+](=O)[O-])cc1. The van der Waals surface area contributed by atoms with E-state index in [1.165, 1.54) is 41.8 Å². The second-order valence-electron chi connectivity index (χ2n) is 6.70. The average molecular weight is 480 g/mol. The highest BCUT2D eigenvalue weighted by Crippen LogP contribution is 2.35. The van der Waals surface area contributed by atoms with Crippen molar-refractivity contribution in [3.63, 3.8) is 0 Å². The number of nitrogens with one attached hydrogen (secondary N) is 1. The van der Waals surface area contributed by atoms with Crippen LogP contribution in [0, 0.1) is 10.1 Å². The lowest BCUT2D eigenvalue weighted by Crippen LogP contribution is -2.17. The van der Waals surface area contributed by atoms with Gasteiger partial charge < -0.3 is 4.74 Å². The summed E-state index contributed by atoms with van der Waals surface area (Å²) >= 11 is 7.59. The number of ether oxygens (including phenoxy) is 1. The van der Waals surface area contributed by atoms with Gasteiger partial charge in [-0.1, -0.05) is 29.8 Å². The monoisotopic (exact) mass is 479 g/mol. The van der Waals surface area contributed by atoms with Gasteiger partial charge in [0.1, 0.15) is 10.6 Å². The first-order valence-corrected chi connectivity index (χ1v) is 10.7. The molecule has 8 nitrogen and oxygen atoms in total. The van der Waals surface area contributed by atoms with Gasteiger partial charge in [0.25, 0.3) is 11.6 Å². The van der Waals surface area contributed by atoms with Crippen LogP contribution < -0.4 is 10.2 Å². The number of benzene rings is 3. The minimum Gasteiger partial charge on any atom is -0.422 e. The number of halogens is 1. The molecule has 0 radical (unpaired) electrons. The molecule has 0 fully saturated rings. The van der Waals surface area contributed by atoms with Gasteiger partial charge in [0, 0.05) is 27.8 Å². The van der Waals surface area contributed by atoms with Crippen LogP contribution in [-0.2, 0) is 0 Å². The summed E-state index contributed by atoms with van der Waals surface area (Å²) in [4.78, 5) is 35.0. The predicted molar refractivity (Wildman–Crippen MR) is 126 cm³/mol. The molecule has 0 aliphatic heterocycles. The second kappa shape index (κ2) is 9.60. The average Bonchev–Trinajstić information content (AvgIpc) is 3.17. The molecule has 1 amide bonds. The molecule has 0 unspecified atom stereocenters. The largest absolute Gasteiger partial charge is 0.422 e. The van der Waals surface area contributed by atoms with Crippen LogP contribution in [0.4, 0.5) is 5.69 Å². The molecule has 0 saturated heterocycles. The van der Waals surface area contributed by atoms with Gasteiger partial charge in [0.05, 0.1) is 16.2 Å². The van der Waals surface area contributed by atoms with Crippen molar-refractivity contribution in [1.29, 1.82) is 0 Å². The molecule has 0 bridgehead atoms. The third-order valence-electron chi connectivity index (χ3n) is 4.53. The molecular weight excluding hydrogens is 466 g/mol. The number of carbonyl (C=O) groups is 2. The zero-order chi connectivity index (χ0) is 23.4. The van der Waals surface area contributed by atoms with Crippen LogP contribution >= 0.6 is 22.9 Å². The van der Waals surface area contributed by atoms with E-state index >= 15 is 0 Å². The standard InChI is InChI=1S/C23H14ClN3O5S/c24-20-18-3-1-2-4-19(18)33-21(20)23(29)32-17-11-5-14(6-12-17)13-25-26-22(28)15-7-9-16(10-8-15)27(30)31/h1-13H,(H,26,28)/b25-13-. The van der Waals surface area contributed by atoms with E-state index in [2.05, 4.69) is 10.5 Å². The Labute approximate surface area is 196 Å². The van der Waals surface area contributed by atoms with Gasteiger partial charge in [0.2, 0.25) is 0 Å². The number of rotatable bonds is 6. The number of nitrogens with zero attached hydrogens (tertiary/aromatic N) is 2. The minimum absolute atomic E-state index is 0.106. The van der Waals surface area contributed by atoms with Crippen LogP contribution in [-0.4, -0.2) is 23.0 Å². The molecule has 1 aromatic heterocycles. The Bertz CT molecular complexity index is 1380. The van der Waals surface area contributed by atoms with E-state index in [0.29, 0.717) is 21.2 Å². The number of thiophene rings is 1. The fraction of sp³-hybridized carbons (Fsp3) is 0. The summed E-state index contributed by atoms with van der Waals surface area (Å²) in [7, 11) is 0. The smallest absolute Gasteiger partial charge is 0.355 e. The summed E-state index contributed by atoms with van der Waals surface area (Å²) < 4.78 is 6.32. The van der Waals surface area contributed by atoms with Crippen molar-refractivity contribution in [2.75, 3.05) is 0 Å². The number of fused-ring (bicyclic) bond motifs is 1. The summed E-state index contributed by atoms with van der Waals surface area (Å²) in [5, 5.41) is 15.7. The molecule has 164 valence electrons. The molecule has 33 heavy (non-hydrogen) atoms. The van der Waals surface area contributed by atoms with Gasteiger partial charge in [-0.3, -0.25) is 14.9 Å². The fourth-order valence-corrected chi connectivity index (χ4v) is 4.27. The van der Waals surface area contributed by atoms with Gasteiger partial charge in [-0.25, -0.2) is 10.2 Å². The van der Waals surface area contributed by atoms with E-state index in [0.717, 1.165) is 10.1 Å². The highest BCUT2D eigenvalue weighted by Gasteiger charge is 2.18. The molecule has 0 saturated carbocycles. The Balaban J connectivity index is 1.36. The normalized spacial score (nSPS) is 10.9. The van der Waals surface area contributed by atoms with E-state index in [1.54, 1.807) is 24.3 Å². The minimum atomic E-state index is -0.544. The van der Waals surface area contributed by atoms with Gasteiger partial charge in [-0.05, 0) is 48.0 Å². The van der Waals surface area contributed by atoms with Crippen LogP contribution in [0.15, 0.2) is 77.9 Å². The number of nitro benzene ring substituents is 1. The molecule has 1 heterocycles. The highest BCUT2D eigenvalue weighted by atomic mass is 35.5. The lowest BCUT2D eigenvalue weighted by atomic mass is 10.2. The second-order valence-corrected chi connectivity index (χ2v) is 8.13. The van der Waals surface area contributed by atoms with Crippen LogP contribution in [0.3, 0.4) is 0 Å². The number of esters is 1. The zero-order valence-electron chi connectivity index (χ0n) is 16.7. The van der Waals surface area contributed by atoms with Gasteiger partial charge in [0.15, 0.2) is 0 Å². The zero-order valence-corrected chi connectivity index (χ0v) is 18.3. The van der Waals surface area contributed by atoms with Gasteiger partial charge in [-0.15, -0.1) is 11.3 Å². The van der Waals surface area contributed by atoms with Gasteiger partial charge in [-0.2, -0.15) is 5.10 Å². The number of nitro groups is 1. The number of hydrogen-bond donors (Lipinski definition) is 1. The van der Waals surface area contributed by atoms with Crippen molar-refractivity contribution in [1.82, 2.24) is 5.43 Å². The third kappa shape index (κ3) is 5.05. The number of hydrogen-bond acceptors (Lipinski definition) is 7. The number of carbonyl (C=O) groups excluding carboxylic acids is 2. The van der Waals surface area contributed by atoms with Crippen molar-refractivity contribution < 1.29 is 19.2 Å². The molecule has 1 N–H and O–H groups in total. The first-order chi connectivity index (χ1) is 15.9. The Kier molecular flexibility index (Phi) is 6.43. The van der Waals surface area contributed by atoms with Crippen LogP contribution in [0.2, 0.25) is 5.02 Å². The van der Waals surface area contributed by atoms with E-state index in [4.69, 9.17) is 16.3 Å². The van der Waals surface area contributed by atoms with Crippen molar-refractivity contribution in [3.8, 4) is 5.75 Å². The Morgan fingerprint density at radius 3 is 2.39 bits per heavy atom. The quantitative estimate of drug-likeness (QED) is 0.130. The molecule has 3 aromatic carbocycles. The molecule has 0 spiro atoms. The van der Waals surface area contributed by atoms with Gasteiger partial charge >= 0.3 is 5.97 Å². The third-order valence-corrected chi connectivity index (χ3v) is 6.19. The fourth-order valence-electron chi connectivity index (χ4n) is 2.89. The molecule has 4 rings (SSSR count). The van der Waals surface area contributed by atoms with Crippen molar-refractivity contribution in [2.24, 2.45) is 5.10 Å². The molecule has 4 aromatic rings. The summed E-state index contributed by atoms with van der Waals surface area (Å²) in [6.45, 7) is 0. The summed E-state index contributed by atoms with van der Waals surface area (Å²) in [5.74, 6) is -0.717. The lowest BCUT2D eigenvalue weighted by molar-refractivity contribution is -0.384. The summed E-state index contributed by atoms with van der Waals surface area (Å²) in [6.07, 6.45) is 1.41.